The number of hydrogen-bond donors (Lipinski definition) is 0. The second-order valence-electron chi connectivity index (χ2n) is 7.54. The summed E-state index contributed by atoms with van der Waals surface area (Å²) in [5, 5.41) is 0. The Morgan fingerprint density at radius 3 is 1.53 bits per heavy atom. The van der Waals surface area contributed by atoms with Crippen molar-refractivity contribution >= 4 is 19.7 Å². The zero-order chi connectivity index (χ0) is 24.3. The van der Waals surface area contributed by atoms with Gasteiger partial charge < -0.3 is 9.47 Å². The van der Waals surface area contributed by atoms with Crippen molar-refractivity contribution in [1.29, 1.82) is 0 Å². The smallest absolute Gasteiger partial charge is 0.206 e. The van der Waals surface area contributed by atoms with E-state index in [0.29, 0.717) is 17.2 Å². The van der Waals surface area contributed by atoms with Crippen LogP contribution in [0.25, 0.3) is 0 Å². The summed E-state index contributed by atoms with van der Waals surface area (Å²) in [6.07, 6.45) is 0. The van der Waals surface area contributed by atoms with Crippen LogP contribution in [0.15, 0.2) is 117 Å². The molecule has 34 heavy (non-hydrogen) atoms. The number of rotatable bonds is 7. The number of aryl methyl sites for hydroxylation is 1. The van der Waals surface area contributed by atoms with E-state index in [4.69, 9.17) is 9.47 Å². The summed E-state index contributed by atoms with van der Waals surface area (Å²) in [4.78, 5) is 0.563. The van der Waals surface area contributed by atoms with Crippen LogP contribution in [0.3, 0.4) is 0 Å². The molecule has 0 aromatic heterocycles. The van der Waals surface area contributed by atoms with Gasteiger partial charge in [-0.2, -0.15) is 0 Å². The third kappa shape index (κ3) is 4.83. The zero-order valence-electron chi connectivity index (χ0n) is 18.5. The van der Waals surface area contributed by atoms with Gasteiger partial charge in [-0.1, -0.05) is 23.8 Å². The van der Waals surface area contributed by atoms with Gasteiger partial charge in [0.2, 0.25) is 19.7 Å². The number of sulfone groups is 2. The van der Waals surface area contributed by atoms with Gasteiger partial charge in [-0.25, -0.2) is 16.8 Å². The fourth-order valence-electron chi connectivity index (χ4n) is 3.27. The highest BCUT2D eigenvalue weighted by Crippen LogP contribution is 2.29. The van der Waals surface area contributed by atoms with Gasteiger partial charge in [0.15, 0.2) is 0 Å². The average Bonchev–Trinajstić information content (AvgIpc) is 2.85. The van der Waals surface area contributed by atoms with E-state index >= 15 is 0 Å². The van der Waals surface area contributed by atoms with E-state index in [1.165, 1.54) is 55.6 Å². The molecule has 0 aliphatic carbocycles. The lowest BCUT2D eigenvalue weighted by Crippen LogP contribution is -2.02. The maximum Gasteiger partial charge on any atom is 0.206 e. The average molecular weight is 495 g/mol. The fraction of sp³-hybridized carbons (Fsp3) is 0.0769. The van der Waals surface area contributed by atoms with Crippen LogP contribution in [0.1, 0.15) is 5.56 Å². The van der Waals surface area contributed by atoms with Crippen LogP contribution in [0.4, 0.5) is 0 Å². The summed E-state index contributed by atoms with van der Waals surface area (Å²) >= 11 is 0. The van der Waals surface area contributed by atoms with Crippen LogP contribution < -0.4 is 9.47 Å². The minimum absolute atomic E-state index is 0.0775. The highest BCUT2D eigenvalue weighted by molar-refractivity contribution is 7.91. The molecule has 0 amide bonds. The summed E-state index contributed by atoms with van der Waals surface area (Å²) in [5.41, 5.74) is 0.971. The van der Waals surface area contributed by atoms with Crippen molar-refractivity contribution in [3.05, 3.63) is 103 Å². The maximum atomic E-state index is 13.0. The SMILES string of the molecule is COc1ccc(S(=O)(=O)c2cccc(Oc3ccc(S(=O)(=O)c4ccc(C)cc4)cc3)c2)cc1. The minimum atomic E-state index is -3.75. The first kappa shape index (κ1) is 23.5. The minimum Gasteiger partial charge on any atom is -0.497 e. The molecule has 8 heteroatoms. The molecule has 0 atom stereocenters. The Kier molecular flexibility index (Phi) is 6.45. The Morgan fingerprint density at radius 2 is 1.00 bits per heavy atom. The first-order chi connectivity index (χ1) is 16.2. The molecular formula is C26H22O6S2. The van der Waals surface area contributed by atoms with Crippen molar-refractivity contribution in [2.45, 2.75) is 26.5 Å². The van der Waals surface area contributed by atoms with Crippen LogP contribution in [0, 0.1) is 6.92 Å². The summed E-state index contributed by atoms with van der Waals surface area (Å²) in [6.45, 7) is 1.89. The second-order valence-corrected chi connectivity index (χ2v) is 11.4. The lowest BCUT2D eigenvalue weighted by molar-refractivity contribution is 0.414. The summed E-state index contributed by atoms with van der Waals surface area (Å²) < 4.78 is 62.5. The zero-order valence-corrected chi connectivity index (χ0v) is 20.1. The van der Waals surface area contributed by atoms with E-state index in [1.54, 1.807) is 48.5 Å². The van der Waals surface area contributed by atoms with Gasteiger partial charge in [0.05, 0.1) is 26.7 Å². The molecule has 4 rings (SSSR count). The number of benzene rings is 4. The maximum absolute atomic E-state index is 13.0. The van der Waals surface area contributed by atoms with Gasteiger partial charge in [0, 0.05) is 0 Å². The van der Waals surface area contributed by atoms with Gasteiger partial charge in [0.1, 0.15) is 17.2 Å². The molecule has 0 heterocycles. The normalized spacial score (nSPS) is 11.7. The summed E-state index contributed by atoms with van der Waals surface area (Å²) in [6, 6.07) is 24.9. The largest absolute Gasteiger partial charge is 0.497 e. The van der Waals surface area contributed by atoms with Crippen molar-refractivity contribution < 1.29 is 26.3 Å². The van der Waals surface area contributed by atoms with E-state index in [0.717, 1.165) is 5.56 Å². The lowest BCUT2D eigenvalue weighted by atomic mass is 10.2. The number of hydrogen-bond acceptors (Lipinski definition) is 6. The van der Waals surface area contributed by atoms with Gasteiger partial charge in [-0.05, 0) is 85.8 Å². The van der Waals surface area contributed by atoms with E-state index in [2.05, 4.69) is 0 Å². The fourth-order valence-corrected chi connectivity index (χ4v) is 5.83. The molecule has 0 unspecified atom stereocenters. The molecular weight excluding hydrogens is 472 g/mol. The molecule has 0 aliphatic rings. The Hall–Kier alpha value is -3.62. The molecule has 4 aromatic rings. The first-order valence-corrected chi connectivity index (χ1v) is 13.3. The molecule has 4 aromatic carbocycles. The van der Waals surface area contributed by atoms with Gasteiger partial charge in [-0.15, -0.1) is 0 Å². The molecule has 0 saturated carbocycles. The Balaban J connectivity index is 1.56. The van der Waals surface area contributed by atoms with Crippen LogP contribution >= 0.6 is 0 Å². The predicted octanol–water partition coefficient (Wildman–Crippen LogP) is 5.46. The first-order valence-electron chi connectivity index (χ1n) is 10.3. The van der Waals surface area contributed by atoms with Crippen molar-refractivity contribution in [3.8, 4) is 17.2 Å². The molecule has 174 valence electrons. The van der Waals surface area contributed by atoms with Crippen molar-refractivity contribution in [3.63, 3.8) is 0 Å². The molecule has 6 nitrogen and oxygen atoms in total. The summed E-state index contributed by atoms with van der Waals surface area (Å²) in [7, 11) is -5.90. The standard InChI is InChI=1S/C26H22O6S2/c1-19-6-12-23(13-7-19)33(27,28)24-16-10-21(11-17-24)32-22-4-3-5-26(18-22)34(29,30)25-14-8-20(31-2)9-15-25/h3-18H,1-2H3. The van der Waals surface area contributed by atoms with Crippen LogP contribution in [-0.2, 0) is 19.7 Å². The van der Waals surface area contributed by atoms with Crippen LogP contribution in [-0.4, -0.2) is 23.9 Å². The Bertz CT molecular complexity index is 1510. The van der Waals surface area contributed by atoms with E-state index < -0.39 is 19.7 Å². The molecule has 0 bridgehead atoms. The van der Waals surface area contributed by atoms with E-state index in [9.17, 15) is 16.8 Å². The summed E-state index contributed by atoms with van der Waals surface area (Å²) in [5.74, 6) is 1.24. The third-order valence-corrected chi connectivity index (χ3v) is 8.74. The number of methoxy groups -OCH3 is 1. The van der Waals surface area contributed by atoms with Gasteiger partial charge in [-0.3, -0.25) is 0 Å². The number of ether oxygens (including phenoxy) is 2. The van der Waals surface area contributed by atoms with Gasteiger partial charge >= 0.3 is 0 Å². The highest BCUT2D eigenvalue weighted by atomic mass is 32.2. The predicted molar refractivity (Wildman–Crippen MR) is 128 cm³/mol. The van der Waals surface area contributed by atoms with E-state index in [-0.39, 0.29) is 19.6 Å². The quantitative estimate of drug-likeness (QED) is 0.339. The molecule has 0 saturated heterocycles. The van der Waals surface area contributed by atoms with Crippen LogP contribution in [0.5, 0.6) is 17.2 Å². The molecule has 0 spiro atoms. The molecule has 0 radical (unpaired) electrons. The third-order valence-electron chi connectivity index (χ3n) is 5.19. The van der Waals surface area contributed by atoms with Gasteiger partial charge in [0.25, 0.3) is 0 Å². The van der Waals surface area contributed by atoms with E-state index in [1.807, 2.05) is 6.92 Å². The topological polar surface area (TPSA) is 86.7 Å². The highest BCUT2D eigenvalue weighted by Gasteiger charge is 2.19. The monoisotopic (exact) mass is 494 g/mol. The second kappa shape index (κ2) is 9.32. The van der Waals surface area contributed by atoms with Crippen molar-refractivity contribution in [2.75, 3.05) is 7.11 Å². The van der Waals surface area contributed by atoms with Crippen LogP contribution in [0.2, 0.25) is 0 Å². The molecule has 0 N–H and O–H groups in total. The molecule has 0 aliphatic heterocycles. The Morgan fingerprint density at radius 1 is 0.529 bits per heavy atom. The Labute approximate surface area is 199 Å². The molecule has 0 fully saturated rings. The van der Waals surface area contributed by atoms with Crippen molar-refractivity contribution in [2.24, 2.45) is 0 Å². The van der Waals surface area contributed by atoms with Crippen molar-refractivity contribution in [1.82, 2.24) is 0 Å². The lowest BCUT2D eigenvalue weighted by Gasteiger charge is -2.10.